The van der Waals surface area contributed by atoms with Crippen LogP contribution in [0.25, 0.3) is 22.2 Å². The number of fused-ring (bicyclic) bond motifs is 1. The molecule has 7 nitrogen and oxygen atoms in total. The smallest absolute Gasteiger partial charge is 0.277 e. The number of methoxy groups -OCH3 is 1. The van der Waals surface area contributed by atoms with Crippen LogP contribution >= 0.6 is 11.8 Å². The second-order valence-electron chi connectivity index (χ2n) is 6.69. The van der Waals surface area contributed by atoms with Crippen molar-refractivity contribution >= 4 is 28.4 Å². The van der Waals surface area contributed by atoms with Crippen molar-refractivity contribution in [3.8, 4) is 17.2 Å². The van der Waals surface area contributed by atoms with Crippen LogP contribution in [0.2, 0.25) is 0 Å². The van der Waals surface area contributed by atoms with Gasteiger partial charge in [0.1, 0.15) is 5.75 Å². The first-order valence-electron chi connectivity index (χ1n) is 9.30. The van der Waals surface area contributed by atoms with Gasteiger partial charge >= 0.3 is 0 Å². The van der Waals surface area contributed by atoms with E-state index < -0.39 is 0 Å². The third kappa shape index (κ3) is 4.60. The molecule has 0 aliphatic rings. The van der Waals surface area contributed by atoms with Crippen molar-refractivity contribution in [2.24, 2.45) is 0 Å². The number of carbonyl (C=O) groups is 1. The fourth-order valence-corrected chi connectivity index (χ4v) is 3.68. The van der Waals surface area contributed by atoms with Crippen molar-refractivity contribution in [2.45, 2.75) is 11.8 Å². The quantitative estimate of drug-likeness (QED) is 0.417. The molecule has 8 heteroatoms. The first kappa shape index (κ1) is 19.9. The molecule has 0 N–H and O–H groups in total. The zero-order valence-corrected chi connectivity index (χ0v) is 17.4. The summed E-state index contributed by atoms with van der Waals surface area (Å²) in [5, 5.41) is 10.6. The largest absolute Gasteiger partial charge is 0.497 e. The minimum atomic E-state index is -0.0153. The summed E-state index contributed by atoms with van der Waals surface area (Å²) in [5.41, 5.74) is 1.85. The number of carbonyl (C=O) groups excluding carboxylic acids is 1. The molecule has 30 heavy (non-hydrogen) atoms. The summed E-state index contributed by atoms with van der Waals surface area (Å²) in [6, 6.07) is 15.7. The number of aromatic nitrogens is 3. The van der Waals surface area contributed by atoms with Gasteiger partial charge in [-0.15, -0.1) is 10.2 Å². The summed E-state index contributed by atoms with van der Waals surface area (Å²) in [7, 11) is 3.44. The second-order valence-corrected chi connectivity index (χ2v) is 7.62. The standard InChI is InChI=1S/C22H20N4O3S/c1-26(13-15-3-4-18-12-19(28-2)6-5-17(18)11-15)20(27)14-30-22-25-24-21(29-22)16-7-9-23-10-8-16/h3-12H,13-14H2,1-2H3. The molecular formula is C22H20N4O3S. The van der Waals surface area contributed by atoms with Gasteiger partial charge in [-0.2, -0.15) is 0 Å². The van der Waals surface area contributed by atoms with Crippen LogP contribution in [0.5, 0.6) is 5.75 Å². The minimum Gasteiger partial charge on any atom is -0.497 e. The van der Waals surface area contributed by atoms with E-state index in [0.29, 0.717) is 17.7 Å². The van der Waals surface area contributed by atoms with Gasteiger partial charge in [0, 0.05) is 31.5 Å². The Morgan fingerprint density at radius 3 is 2.63 bits per heavy atom. The van der Waals surface area contributed by atoms with Crippen molar-refractivity contribution < 1.29 is 13.9 Å². The van der Waals surface area contributed by atoms with Crippen LogP contribution < -0.4 is 4.74 Å². The summed E-state index contributed by atoms with van der Waals surface area (Å²) in [4.78, 5) is 18.2. The zero-order valence-electron chi connectivity index (χ0n) is 16.6. The van der Waals surface area contributed by atoms with Crippen molar-refractivity contribution in [3.05, 3.63) is 66.5 Å². The number of thioether (sulfide) groups is 1. The lowest BCUT2D eigenvalue weighted by Gasteiger charge is -2.17. The molecule has 4 rings (SSSR count). The Kier molecular flexibility index (Phi) is 5.94. The highest BCUT2D eigenvalue weighted by Crippen LogP contribution is 2.24. The van der Waals surface area contributed by atoms with Crippen molar-refractivity contribution in [3.63, 3.8) is 0 Å². The van der Waals surface area contributed by atoms with Crippen molar-refractivity contribution in [1.29, 1.82) is 0 Å². The molecule has 0 aliphatic carbocycles. The molecule has 0 fully saturated rings. The van der Waals surface area contributed by atoms with Crippen LogP contribution in [0.4, 0.5) is 0 Å². The summed E-state index contributed by atoms with van der Waals surface area (Å²) < 4.78 is 10.9. The number of pyridine rings is 1. The van der Waals surface area contributed by atoms with Gasteiger partial charge in [0.2, 0.25) is 11.8 Å². The lowest BCUT2D eigenvalue weighted by atomic mass is 10.1. The molecule has 4 aromatic rings. The van der Waals surface area contributed by atoms with Crippen LogP contribution in [0.15, 0.2) is 70.6 Å². The summed E-state index contributed by atoms with van der Waals surface area (Å²) in [5.74, 6) is 1.44. The molecule has 0 saturated heterocycles. The fourth-order valence-electron chi connectivity index (χ4n) is 2.97. The number of hydrogen-bond donors (Lipinski definition) is 0. The predicted molar refractivity (Wildman–Crippen MR) is 115 cm³/mol. The van der Waals surface area contributed by atoms with Gasteiger partial charge in [-0.05, 0) is 46.7 Å². The molecule has 1 amide bonds. The van der Waals surface area contributed by atoms with E-state index in [1.54, 1.807) is 43.6 Å². The monoisotopic (exact) mass is 420 g/mol. The molecule has 0 radical (unpaired) electrons. The highest BCUT2D eigenvalue weighted by molar-refractivity contribution is 7.99. The number of nitrogens with zero attached hydrogens (tertiary/aromatic N) is 4. The topological polar surface area (TPSA) is 81.4 Å². The van der Waals surface area contributed by atoms with Crippen LogP contribution in [-0.4, -0.2) is 45.9 Å². The fraction of sp³-hybridized carbons (Fsp3) is 0.182. The van der Waals surface area contributed by atoms with Crippen LogP contribution in [0.3, 0.4) is 0 Å². The van der Waals surface area contributed by atoms with Gasteiger partial charge in [0.15, 0.2) is 0 Å². The molecule has 2 aromatic carbocycles. The highest BCUT2D eigenvalue weighted by atomic mass is 32.2. The lowest BCUT2D eigenvalue weighted by molar-refractivity contribution is -0.127. The Balaban J connectivity index is 1.35. The Labute approximate surface area is 178 Å². The highest BCUT2D eigenvalue weighted by Gasteiger charge is 2.14. The summed E-state index contributed by atoms with van der Waals surface area (Å²) >= 11 is 1.23. The average molecular weight is 420 g/mol. The van der Waals surface area contributed by atoms with Gasteiger partial charge in [-0.1, -0.05) is 30.0 Å². The SMILES string of the molecule is COc1ccc2cc(CN(C)C(=O)CSc3nnc(-c4ccncc4)o3)ccc2c1. The third-order valence-electron chi connectivity index (χ3n) is 4.61. The molecule has 152 valence electrons. The van der Waals surface area contributed by atoms with E-state index in [1.165, 1.54) is 11.8 Å². The number of hydrogen-bond acceptors (Lipinski definition) is 7. The molecule has 2 aromatic heterocycles. The van der Waals surface area contributed by atoms with E-state index in [4.69, 9.17) is 9.15 Å². The molecule has 0 atom stereocenters. The predicted octanol–water partition coefficient (Wildman–Crippen LogP) is 4.04. The van der Waals surface area contributed by atoms with E-state index in [-0.39, 0.29) is 11.7 Å². The Bertz CT molecular complexity index is 1160. The molecule has 0 spiro atoms. The minimum absolute atomic E-state index is 0.0153. The van der Waals surface area contributed by atoms with Gasteiger partial charge in [-0.3, -0.25) is 9.78 Å². The number of ether oxygens (including phenoxy) is 1. The van der Waals surface area contributed by atoms with E-state index in [1.807, 2.05) is 30.3 Å². The van der Waals surface area contributed by atoms with E-state index >= 15 is 0 Å². The second kappa shape index (κ2) is 8.96. The summed E-state index contributed by atoms with van der Waals surface area (Å²) in [6.45, 7) is 0.521. The van der Waals surface area contributed by atoms with Crippen LogP contribution in [0, 0.1) is 0 Å². The molecule has 2 heterocycles. The van der Waals surface area contributed by atoms with Crippen molar-refractivity contribution in [2.75, 3.05) is 19.9 Å². The first-order valence-corrected chi connectivity index (χ1v) is 10.3. The van der Waals surface area contributed by atoms with Gasteiger partial charge in [0.25, 0.3) is 5.22 Å². The van der Waals surface area contributed by atoms with Crippen molar-refractivity contribution in [1.82, 2.24) is 20.1 Å². The summed E-state index contributed by atoms with van der Waals surface area (Å²) in [6.07, 6.45) is 3.32. The number of amides is 1. The van der Waals surface area contributed by atoms with Gasteiger partial charge < -0.3 is 14.1 Å². The van der Waals surface area contributed by atoms with E-state index in [0.717, 1.165) is 27.6 Å². The zero-order chi connectivity index (χ0) is 20.9. The lowest BCUT2D eigenvalue weighted by Crippen LogP contribution is -2.27. The maximum Gasteiger partial charge on any atom is 0.277 e. The Morgan fingerprint density at radius 1 is 1.07 bits per heavy atom. The molecule has 0 bridgehead atoms. The molecule has 0 saturated carbocycles. The molecular weight excluding hydrogens is 400 g/mol. The van der Waals surface area contributed by atoms with Gasteiger partial charge in [-0.25, -0.2) is 0 Å². The maximum atomic E-state index is 12.5. The first-order chi connectivity index (χ1) is 14.6. The Hall–Kier alpha value is -3.39. The number of benzene rings is 2. The van der Waals surface area contributed by atoms with E-state index in [2.05, 4.69) is 21.2 Å². The van der Waals surface area contributed by atoms with Crippen LogP contribution in [0.1, 0.15) is 5.56 Å². The van der Waals surface area contributed by atoms with Gasteiger partial charge in [0.05, 0.1) is 12.9 Å². The molecule has 0 unspecified atom stereocenters. The molecule has 0 aliphatic heterocycles. The number of rotatable bonds is 7. The third-order valence-corrected chi connectivity index (χ3v) is 5.41. The maximum absolute atomic E-state index is 12.5. The Morgan fingerprint density at radius 2 is 1.83 bits per heavy atom. The normalized spacial score (nSPS) is 10.9. The van der Waals surface area contributed by atoms with E-state index in [9.17, 15) is 4.79 Å². The van der Waals surface area contributed by atoms with Crippen LogP contribution in [-0.2, 0) is 11.3 Å². The average Bonchev–Trinajstić information content (AvgIpc) is 3.26.